The third kappa shape index (κ3) is 3.29. The molecule has 3 nitrogen and oxygen atoms in total. The Kier molecular flexibility index (Phi) is 4.12. The van der Waals surface area contributed by atoms with Crippen LogP contribution in [0.2, 0.25) is 0 Å². The van der Waals surface area contributed by atoms with Crippen LogP contribution in [0.15, 0.2) is 42.6 Å². The van der Waals surface area contributed by atoms with E-state index in [2.05, 4.69) is 4.98 Å². The van der Waals surface area contributed by atoms with Crippen LogP contribution in [0.4, 0.5) is 4.39 Å². The third-order valence-electron chi connectivity index (χ3n) is 2.69. The zero-order chi connectivity index (χ0) is 13.8. The molecule has 4 heteroatoms. The van der Waals surface area contributed by atoms with Gasteiger partial charge in [0.2, 0.25) is 0 Å². The zero-order valence-corrected chi connectivity index (χ0v) is 11.0. The summed E-state index contributed by atoms with van der Waals surface area (Å²) in [7, 11) is 0. The molecular weight excluding hydrogens is 243 g/mol. The molecule has 2 N–H and O–H groups in total. The van der Waals surface area contributed by atoms with E-state index in [-0.39, 0.29) is 11.9 Å². The lowest BCUT2D eigenvalue weighted by Crippen LogP contribution is -2.16. The molecule has 0 aliphatic heterocycles. The highest BCUT2D eigenvalue weighted by Gasteiger charge is 2.15. The summed E-state index contributed by atoms with van der Waals surface area (Å²) in [5.74, 6) is 0.360. The van der Waals surface area contributed by atoms with Crippen LogP contribution >= 0.6 is 0 Å². The van der Waals surface area contributed by atoms with Crippen LogP contribution in [-0.4, -0.2) is 11.1 Å². The van der Waals surface area contributed by atoms with E-state index in [9.17, 15) is 4.39 Å². The van der Waals surface area contributed by atoms with Crippen molar-refractivity contribution >= 4 is 0 Å². The van der Waals surface area contributed by atoms with Crippen molar-refractivity contribution in [1.29, 1.82) is 0 Å². The van der Waals surface area contributed by atoms with Gasteiger partial charge in [0, 0.05) is 5.56 Å². The van der Waals surface area contributed by atoms with Gasteiger partial charge in [0.15, 0.2) is 0 Å². The van der Waals surface area contributed by atoms with Gasteiger partial charge in [-0.1, -0.05) is 18.2 Å². The molecule has 1 unspecified atom stereocenters. The molecule has 0 aliphatic rings. The molecule has 0 bridgehead atoms. The maximum atomic E-state index is 12.9. The highest BCUT2D eigenvalue weighted by molar-refractivity contribution is 5.39. The Hall–Kier alpha value is -1.94. The van der Waals surface area contributed by atoms with Gasteiger partial charge in [-0.3, -0.25) is 4.98 Å². The minimum atomic E-state index is -0.435. The molecule has 19 heavy (non-hydrogen) atoms. The van der Waals surface area contributed by atoms with Crippen LogP contribution in [0, 0.1) is 5.82 Å². The lowest BCUT2D eigenvalue weighted by atomic mass is 10.0. The first-order valence-electron chi connectivity index (χ1n) is 6.20. The number of hydrogen-bond acceptors (Lipinski definition) is 3. The maximum absolute atomic E-state index is 12.9. The summed E-state index contributed by atoms with van der Waals surface area (Å²) in [6, 6.07) is 10.1. The van der Waals surface area contributed by atoms with E-state index in [4.69, 9.17) is 10.5 Å². The fraction of sp³-hybridized carbons (Fsp3) is 0.267. The normalized spacial score (nSPS) is 12.5. The van der Waals surface area contributed by atoms with Gasteiger partial charge in [-0.2, -0.15) is 0 Å². The molecule has 0 fully saturated rings. The van der Waals surface area contributed by atoms with E-state index < -0.39 is 6.04 Å². The quantitative estimate of drug-likeness (QED) is 0.919. The van der Waals surface area contributed by atoms with Crippen molar-refractivity contribution in [3.8, 4) is 5.75 Å². The van der Waals surface area contributed by atoms with Gasteiger partial charge in [-0.05, 0) is 32.0 Å². The molecule has 0 aliphatic carbocycles. The predicted octanol–water partition coefficient (Wildman–Crippen LogP) is 3.06. The van der Waals surface area contributed by atoms with Crippen molar-refractivity contribution < 1.29 is 9.13 Å². The van der Waals surface area contributed by atoms with Crippen molar-refractivity contribution in [2.24, 2.45) is 5.73 Å². The van der Waals surface area contributed by atoms with E-state index in [0.717, 1.165) is 11.3 Å². The maximum Gasteiger partial charge on any atom is 0.141 e. The van der Waals surface area contributed by atoms with Gasteiger partial charge in [0.05, 0.1) is 24.0 Å². The first-order chi connectivity index (χ1) is 9.08. The molecule has 1 heterocycles. The highest BCUT2D eigenvalue weighted by Crippen LogP contribution is 2.28. The third-order valence-corrected chi connectivity index (χ3v) is 2.69. The van der Waals surface area contributed by atoms with Crippen LogP contribution in [0.3, 0.4) is 0 Å². The molecule has 1 aromatic carbocycles. The number of rotatable bonds is 4. The van der Waals surface area contributed by atoms with E-state index in [1.165, 1.54) is 12.3 Å². The summed E-state index contributed by atoms with van der Waals surface area (Å²) < 4.78 is 18.6. The summed E-state index contributed by atoms with van der Waals surface area (Å²) in [5.41, 5.74) is 7.63. The monoisotopic (exact) mass is 260 g/mol. The molecule has 0 radical (unpaired) electrons. The van der Waals surface area contributed by atoms with Crippen LogP contribution in [0.25, 0.3) is 0 Å². The number of para-hydroxylation sites is 1. The van der Waals surface area contributed by atoms with Crippen molar-refractivity contribution in [3.63, 3.8) is 0 Å². The Bertz CT molecular complexity index is 540. The lowest BCUT2D eigenvalue weighted by molar-refractivity contribution is 0.239. The fourth-order valence-electron chi connectivity index (χ4n) is 1.83. The smallest absolute Gasteiger partial charge is 0.141 e. The van der Waals surface area contributed by atoms with Crippen LogP contribution < -0.4 is 10.5 Å². The van der Waals surface area contributed by atoms with Crippen LogP contribution in [0.5, 0.6) is 5.75 Å². The number of ether oxygens (including phenoxy) is 1. The van der Waals surface area contributed by atoms with Gasteiger partial charge < -0.3 is 10.5 Å². The number of hydrogen-bond donors (Lipinski definition) is 1. The number of nitrogens with two attached hydrogens (primary N) is 1. The van der Waals surface area contributed by atoms with Crippen molar-refractivity contribution in [2.75, 3.05) is 0 Å². The molecular formula is C15H17FN2O. The predicted molar refractivity (Wildman–Crippen MR) is 72.4 cm³/mol. The van der Waals surface area contributed by atoms with E-state index in [1.807, 2.05) is 38.1 Å². The molecule has 100 valence electrons. The van der Waals surface area contributed by atoms with Gasteiger partial charge in [-0.25, -0.2) is 4.39 Å². The molecule has 0 saturated heterocycles. The van der Waals surface area contributed by atoms with Crippen molar-refractivity contribution in [2.45, 2.75) is 26.0 Å². The molecule has 2 aromatic rings. The summed E-state index contributed by atoms with van der Waals surface area (Å²) in [6.45, 7) is 3.91. The average molecular weight is 260 g/mol. The second-order valence-corrected chi connectivity index (χ2v) is 4.58. The van der Waals surface area contributed by atoms with Gasteiger partial charge in [0.1, 0.15) is 11.6 Å². The van der Waals surface area contributed by atoms with E-state index >= 15 is 0 Å². The number of pyridine rings is 1. The largest absolute Gasteiger partial charge is 0.491 e. The zero-order valence-electron chi connectivity index (χ0n) is 11.0. The Morgan fingerprint density at radius 2 is 1.89 bits per heavy atom. The molecule has 1 aromatic heterocycles. The number of aromatic nitrogens is 1. The topological polar surface area (TPSA) is 48.1 Å². The van der Waals surface area contributed by atoms with Crippen LogP contribution in [0.1, 0.15) is 31.1 Å². The molecule has 2 rings (SSSR count). The van der Waals surface area contributed by atoms with Crippen LogP contribution in [-0.2, 0) is 0 Å². The number of nitrogens with zero attached hydrogens (tertiary/aromatic N) is 1. The minimum Gasteiger partial charge on any atom is -0.491 e. The number of halogens is 1. The second kappa shape index (κ2) is 5.80. The van der Waals surface area contributed by atoms with Gasteiger partial charge in [0.25, 0.3) is 0 Å². The SMILES string of the molecule is CC(C)Oc1ccccc1C(N)c1ccc(F)cn1. The Morgan fingerprint density at radius 1 is 1.16 bits per heavy atom. The van der Waals surface area contributed by atoms with E-state index in [1.54, 1.807) is 6.07 Å². The summed E-state index contributed by atoms with van der Waals surface area (Å²) in [6.07, 6.45) is 1.23. The summed E-state index contributed by atoms with van der Waals surface area (Å²) in [4.78, 5) is 4.02. The Balaban J connectivity index is 2.32. The highest BCUT2D eigenvalue weighted by atomic mass is 19.1. The summed E-state index contributed by atoms with van der Waals surface area (Å²) >= 11 is 0. The molecule has 0 amide bonds. The Labute approximate surface area is 112 Å². The van der Waals surface area contributed by atoms with Gasteiger partial charge in [-0.15, -0.1) is 0 Å². The second-order valence-electron chi connectivity index (χ2n) is 4.58. The summed E-state index contributed by atoms with van der Waals surface area (Å²) in [5, 5.41) is 0. The van der Waals surface area contributed by atoms with Gasteiger partial charge >= 0.3 is 0 Å². The molecule has 0 spiro atoms. The average Bonchev–Trinajstić information content (AvgIpc) is 2.39. The standard InChI is InChI=1S/C15H17FN2O/c1-10(2)19-14-6-4-3-5-12(14)15(17)13-8-7-11(16)9-18-13/h3-10,15H,17H2,1-2H3. The first-order valence-corrected chi connectivity index (χ1v) is 6.20. The van der Waals surface area contributed by atoms with Crippen molar-refractivity contribution in [1.82, 2.24) is 4.98 Å². The first kappa shape index (κ1) is 13.5. The van der Waals surface area contributed by atoms with E-state index in [0.29, 0.717) is 5.69 Å². The molecule has 1 atom stereocenters. The Morgan fingerprint density at radius 3 is 2.53 bits per heavy atom. The number of benzene rings is 1. The fourth-order valence-corrected chi connectivity index (χ4v) is 1.83. The minimum absolute atomic E-state index is 0.0644. The van der Waals surface area contributed by atoms with Crippen molar-refractivity contribution in [3.05, 3.63) is 59.7 Å². The molecule has 0 saturated carbocycles. The lowest BCUT2D eigenvalue weighted by Gasteiger charge is -2.18.